The third-order valence-electron chi connectivity index (χ3n) is 4.08. The summed E-state index contributed by atoms with van der Waals surface area (Å²) in [6.45, 7) is 0. The first-order valence-electron chi connectivity index (χ1n) is 7.31. The summed E-state index contributed by atoms with van der Waals surface area (Å²) >= 11 is 0. The number of hydrogen-bond acceptors (Lipinski definition) is 8. The predicted molar refractivity (Wildman–Crippen MR) is 76.8 cm³/mol. The lowest BCUT2D eigenvalue weighted by Gasteiger charge is -2.16. The van der Waals surface area contributed by atoms with Gasteiger partial charge in [0.1, 0.15) is 24.1 Å². The van der Waals surface area contributed by atoms with Crippen molar-refractivity contribution in [2.75, 3.05) is 5.73 Å². The zero-order valence-electron chi connectivity index (χ0n) is 12.0. The van der Waals surface area contributed by atoms with Gasteiger partial charge in [0.05, 0.1) is 6.33 Å². The zero-order chi connectivity index (χ0) is 16.1. The molecule has 0 aromatic carbocycles. The number of anilines is 1. The first-order chi connectivity index (χ1) is 11.1. The van der Waals surface area contributed by atoms with E-state index >= 15 is 0 Å². The average molecular weight is 320 g/mol. The first-order valence-corrected chi connectivity index (χ1v) is 7.31. The molecule has 0 spiro atoms. The lowest BCUT2D eigenvalue weighted by Crippen LogP contribution is -2.43. The number of nitrogens with one attached hydrogen (secondary N) is 1. The van der Waals surface area contributed by atoms with E-state index in [9.17, 15) is 15.0 Å². The van der Waals surface area contributed by atoms with Crippen molar-refractivity contribution in [3.05, 3.63) is 12.7 Å². The van der Waals surface area contributed by atoms with E-state index in [4.69, 9.17) is 10.5 Å². The Morgan fingerprint density at radius 2 is 2.09 bits per heavy atom. The normalized spacial score (nSPS) is 30.7. The van der Waals surface area contributed by atoms with Gasteiger partial charge in [-0.2, -0.15) is 0 Å². The van der Waals surface area contributed by atoms with Crippen LogP contribution < -0.4 is 11.1 Å². The van der Waals surface area contributed by atoms with Crippen molar-refractivity contribution in [1.29, 1.82) is 0 Å². The van der Waals surface area contributed by atoms with Crippen LogP contribution in [0.25, 0.3) is 11.2 Å². The highest BCUT2D eigenvalue weighted by molar-refractivity contribution is 5.83. The summed E-state index contributed by atoms with van der Waals surface area (Å²) in [6, 6.07) is 0.135. The van der Waals surface area contributed by atoms with E-state index in [0.29, 0.717) is 11.2 Å². The van der Waals surface area contributed by atoms with Gasteiger partial charge in [0.2, 0.25) is 0 Å². The van der Waals surface area contributed by atoms with Crippen LogP contribution in [0.5, 0.6) is 0 Å². The molecule has 4 atom stereocenters. The fraction of sp³-hybridized carbons (Fsp3) is 0.538. The third kappa shape index (κ3) is 2.31. The van der Waals surface area contributed by atoms with Gasteiger partial charge in [-0.25, -0.2) is 15.0 Å². The quantitative estimate of drug-likeness (QED) is 0.523. The first kappa shape index (κ1) is 14.3. The summed E-state index contributed by atoms with van der Waals surface area (Å²) in [5.41, 5.74) is 6.45. The Morgan fingerprint density at radius 3 is 2.83 bits per heavy atom. The third-order valence-corrected chi connectivity index (χ3v) is 4.08. The molecule has 2 fully saturated rings. The number of carbonyl (C=O) groups is 1. The molecule has 1 aliphatic carbocycles. The fourth-order valence-electron chi connectivity index (χ4n) is 2.67. The molecule has 5 N–H and O–H groups in total. The number of rotatable bonds is 3. The van der Waals surface area contributed by atoms with Crippen LogP contribution in [0.3, 0.4) is 0 Å². The van der Waals surface area contributed by atoms with Crippen LogP contribution in [0.15, 0.2) is 12.7 Å². The number of fused-ring (bicyclic) bond motifs is 1. The van der Waals surface area contributed by atoms with Crippen molar-refractivity contribution in [3.63, 3.8) is 0 Å². The number of nitrogen functional groups attached to an aromatic ring is 1. The number of carbonyl (C=O) groups excluding carboxylic acids is 1. The highest BCUT2D eigenvalue weighted by Gasteiger charge is 2.48. The highest BCUT2D eigenvalue weighted by atomic mass is 16.6. The molecule has 2 aromatic heterocycles. The van der Waals surface area contributed by atoms with Crippen molar-refractivity contribution in [1.82, 2.24) is 24.8 Å². The number of aromatic nitrogens is 4. The van der Waals surface area contributed by atoms with Crippen molar-refractivity contribution in [2.45, 2.75) is 43.4 Å². The van der Waals surface area contributed by atoms with Crippen LogP contribution in [-0.2, 0) is 9.53 Å². The molecular formula is C13H16N6O4. The van der Waals surface area contributed by atoms with E-state index in [1.165, 1.54) is 17.2 Å². The van der Waals surface area contributed by atoms with Gasteiger partial charge >= 0.3 is 0 Å². The molecule has 1 aliphatic heterocycles. The minimum Gasteiger partial charge on any atom is -0.387 e. The molecule has 0 unspecified atom stereocenters. The molecule has 1 saturated heterocycles. The van der Waals surface area contributed by atoms with Crippen LogP contribution >= 0.6 is 0 Å². The van der Waals surface area contributed by atoms with Gasteiger partial charge in [-0.3, -0.25) is 9.36 Å². The van der Waals surface area contributed by atoms with Gasteiger partial charge in [0.25, 0.3) is 5.91 Å². The van der Waals surface area contributed by atoms with Crippen LogP contribution in [0.2, 0.25) is 0 Å². The van der Waals surface area contributed by atoms with E-state index in [-0.39, 0.29) is 11.9 Å². The Labute approximate surface area is 130 Å². The molecule has 23 heavy (non-hydrogen) atoms. The van der Waals surface area contributed by atoms with Gasteiger partial charge < -0.3 is 26.0 Å². The average Bonchev–Trinajstić information content (AvgIpc) is 3.15. The molecule has 1 saturated carbocycles. The predicted octanol–water partition coefficient (Wildman–Crippen LogP) is -1.69. The maximum Gasteiger partial charge on any atom is 0.252 e. The maximum atomic E-state index is 12.1. The van der Waals surface area contributed by atoms with Gasteiger partial charge in [0, 0.05) is 6.04 Å². The number of aliphatic hydroxyl groups excluding tert-OH is 2. The smallest absolute Gasteiger partial charge is 0.252 e. The van der Waals surface area contributed by atoms with Crippen LogP contribution in [-0.4, -0.2) is 60.0 Å². The molecule has 1 amide bonds. The molecule has 4 rings (SSSR count). The standard InChI is InChI=1S/C13H16N6O4/c14-10-6-11(16-3-15-10)19(4-17-6)13-8(21)7(20)9(23-13)12(22)18-5-1-2-5/h3-5,7-9,13,20-21H,1-2H2,(H,18,22)(H2,14,15,16)/t7-,8+,9-,13-/m1/s1. The van der Waals surface area contributed by atoms with Crippen molar-refractivity contribution in [2.24, 2.45) is 0 Å². The second-order valence-corrected chi connectivity index (χ2v) is 5.79. The minimum atomic E-state index is -1.34. The van der Waals surface area contributed by atoms with Crippen molar-refractivity contribution < 1.29 is 19.7 Å². The van der Waals surface area contributed by atoms with E-state index in [1.54, 1.807) is 0 Å². The van der Waals surface area contributed by atoms with Gasteiger partial charge in [-0.1, -0.05) is 0 Å². The van der Waals surface area contributed by atoms with Crippen LogP contribution in [0.1, 0.15) is 19.1 Å². The lowest BCUT2D eigenvalue weighted by atomic mass is 10.1. The molecular weight excluding hydrogens is 304 g/mol. The molecule has 2 aliphatic rings. The number of hydrogen-bond donors (Lipinski definition) is 4. The number of imidazole rings is 1. The summed E-state index contributed by atoms with van der Waals surface area (Å²) in [7, 11) is 0. The van der Waals surface area contributed by atoms with Crippen molar-refractivity contribution in [3.8, 4) is 0 Å². The molecule has 0 radical (unpaired) electrons. The Hall–Kier alpha value is -2.30. The number of nitrogens with two attached hydrogens (primary N) is 1. The Kier molecular flexibility index (Phi) is 3.18. The maximum absolute atomic E-state index is 12.1. The Bertz CT molecular complexity index is 760. The van der Waals surface area contributed by atoms with E-state index in [0.717, 1.165) is 12.8 Å². The van der Waals surface area contributed by atoms with E-state index in [1.807, 2.05) is 0 Å². The fourth-order valence-corrected chi connectivity index (χ4v) is 2.67. The van der Waals surface area contributed by atoms with Crippen molar-refractivity contribution >= 4 is 22.9 Å². The topological polar surface area (TPSA) is 148 Å². The molecule has 122 valence electrons. The second-order valence-electron chi connectivity index (χ2n) is 5.79. The summed E-state index contributed by atoms with van der Waals surface area (Å²) in [5, 5.41) is 23.1. The zero-order valence-corrected chi connectivity index (χ0v) is 12.0. The summed E-state index contributed by atoms with van der Waals surface area (Å²) < 4.78 is 7.01. The summed E-state index contributed by atoms with van der Waals surface area (Å²) in [4.78, 5) is 24.1. The summed E-state index contributed by atoms with van der Waals surface area (Å²) in [6.07, 6.45) is -0.269. The van der Waals surface area contributed by atoms with Gasteiger partial charge in [-0.15, -0.1) is 0 Å². The minimum absolute atomic E-state index is 0.135. The monoisotopic (exact) mass is 320 g/mol. The van der Waals surface area contributed by atoms with Gasteiger partial charge in [0.15, 0.2) is 23.8 Å². The largest absolute Gasteiger partial charge is 0.387 e. The number of ether oxygens (including phenoxy) is 1. The molecule has 2 aromatic rings. The van der Waals surface area contributed by atoms with Crippen LogP contribution in [0.4, 0.5) is 5.82 Å². The highest BCUT2D eigenvalue weighted by Crippen LogP contribution is 2.32. The van der Waals surface area contributed by atoms with Crippen LogP contribution in [0, 0.1) is 0 Å². The summed E-state index contributed by atoms with van der Waals surface area (Å²) in [5.74, 6) is -0.232. The molecule has 10 heteroatoms. The Balaban J connectivity index is 1.63. The second kappa shape index (κ2) is 5.11. The number of amides is 1. The number of nitrogens with zero attached hydrogens (tertiary/aromatic N) is 4. The molecule has 10 nitrogen and oxygen atoms in total. The lowest BCUT2D eigenvalue weighted by molar-refractivity contribution is -0.137. The van der Waals surface area contributed by atoms with E-state index in [2.05, 4.69) is 20.3 Å². The number of aliphatic hydroxyl groups is 2. The molecule has 0 bridgehead atoms. The van der Waals surface area contributed by atoms with Gasteiger partial charge in [-0.05, 0) is 12.8 Å². The molecule has 3 heterocycles. The van der Waals surface area contributed by atoms with E-state index < -0.39 is 30.4 Å². The SMILES string of the molecule is Nc1ncnc2c1ncn2[C@@H]1O[C@@H](C(=O)NC2CC2)[C@H](O)[C@@H]1O. The Morgan fingerprint density at radius 1 is 1.30 bits per heavy atom.